The second-order valence-electron chi connectivity index (χ2n) is 5.12. The second kappa shape index (κ2) is 6.46. The fraction of sp³-hybridized carbons (Fsp3) is 0.235. The number of amides is 1. The molecule has 0 bridgehead atoms. The average Bonchev–Trinajstić information content (AvgIpc) is 2.55. The molecule has 2 aromatic rings. The lowest BCUT2D eigenvalue weighted by Crippen LogP contribution is -2.43. The Labute approximate surface area is 133 Å². The highest BCUT2D eigenvalue weighted by Crippen LogP contribution is 2.28. The topological polar surface area (TPSA) is 29.5 Å². The number of nitrogens with zero attached hydrogens (tertiary/aromatic N) is 1. The molecular formula is C17H15ClFNO2. The lowest BCUT2D eigenvalue weighted by molar-refractivity contribution is -0.00270. The van der Waals surface area contributed by atoms with Gasteiger partial charge in [-0.1, -0.05) is 35.9 Å². The Hall–Kier alpha value is -1.91. The lowest BCUT2D eigenvalue weighted by Gasteiger charge is -2.36. The van der Waals surface area contributed by atoms with Gasteiger partial charge in [0.2, 0.25) is 0 Å². The summed E-state index contributed by atoms with van der Waals surface area (Å²) in [5.74, 6) is -0.437. The molecular weight excluding hydrogens is 305 g/mol. The molecule has 1 atom stereocenters. The minimum Gasteiger partial charge on any atom is -0.377 e. The molecule has 0 radical (unpaired) electrons. The van der Waals surface area contributed by atoms with Crippen molar-refractivity contribution in [1.29, 1.82) is 0 Å². The van der Waals surface area contributed by atoms with E-state index in [0.717, 1.165) is 5.56 Å². The molecule has 22 heavy (non-hydrogen) atoms. The Balaban J connectivity index is 1.91. The van der Waals surface area contributed by atoms with Gasteiger partial charge in [-0.25, -0.2) is 4.39 Å². The third-order valence-corrected chi connectivity index (χ3v) is 4.08. The molecule has 1 unspecified atom stereocenters. The van der Waals surface area contributed by atoms with E-state index < -0.39 is 0 Å². The molecule has 0 N–H and O–H groups in total. The van der Waals surface area contributed by atoms with E-state index in [1.54, 1.807) is 41.3 Å². The molecule has 0 aliphatic carbocycles. The smallest absolute Gasteiger partial charge is 0.256 e. The molecule has 1 saturated heterocycles. The average molecular weight is 320 g/mol. The first-order chi connectivity index (χ1) is 10.7. The van der Waals surface area contributed by atoms with Gasteiger partial charge in [0.1, 0.15) is 5.82 Å². The van der Waals surface area contributed by atoms with Crippen LogP contribution in [0, 0.1) is 5.82 Å². The van der Waals surface area contributed by atoms with Gasteiger partial charge in [-0.2, -0.15) is 0 Å². The van der Waals surface area contributed by atoms with Gasteiger partial charge in [0, 0.05) is 6.54 Å². The number of ether oxygens (including phenoxy) is 1. The fourth-order valence-corrected chi connectivity index (χ4v) is 2.81. The zero-order valence-corrected chi connectivity index (χ0v) is 12.6. The van der Waals surface area contributed by atoms with E-state index in [2.05, 4.69) is 0 Å². The lowest BCUT2D eigenvalue weighted by atomic mass is 10.0. The van der Waals surface area contributed by atoms with E-state index in [1.165, 1.54) is 12.1 Å². The minimum atomic E-state index is -0.301. The summed E-state index contributed by atoms with van der Waals surface area (Å²) in [7, 11) is 0. The molecule has 1 amide bonds. The van der Waals surface area contributed by atoms with Crippen molar-refractivity contribution in [1.82, 2.24) is 4.90 Å². The molecule has 0 saturated carbocycles. The third kappa shape index (κ3) is 2.98. The summed E-state index contributed by atoms with van der Waals surface area (Å²) < 4.78 is 18.6. The van der Waals surface area contributed by atoms with E-state index >= 15 is 0 Å². The zero-order chi connectivity index (χ0) is 15.5. The van der Waals surface area contributed by atoms with Gasteiger partial charge < -0.3 is 9.64 Å². The van der Waals surface area contributed by atoms with Crippen LogP contribution in [0.1, 0.15) is 22.0 Å². The van der Waals surface area contributed by atoms with Crippen molar-refractivity contribution < 1.29 is 13.9 Å². The fourth-order valence-electron chi connectivity index (χ4n) is 2.60. The molecule has 5 heteroatoms. The maximum atomic E-state index is 13.1. The van der Waals surface area contributed by atoms with Crippen molar-refractivity contribution in [3.05, 3.63) is 70.5 Å². The summed E-state index contributed by atoms with van der Waals surface area (Å²) >= 11 is 6.12. The van der Waals surface area contributed by atoms with Crippen LogP contribution in [0.3, 0.4) is 0 Å². The van der Waals surface area contributed by atoms with E-state index in [9.17, 15) is 9.18 Å². The van der Waals surface area contributed by atoms with Crippen LogP contribution in [0.2, 0.25) is 5.02 Å². The van der Waals surface area contributed by atoms with Gasteiger partial charge in [0.05, 0.1) is 29.8 Å². The molecule has 1 aliphatic rings. The summed E-state index contributed by atoms with van der Waals surface area (Å²) in [5.41, 5.74) is 1.32. The van der Waals surface area contributed by atoms with Crippen LogP contribution in [0.25, 0.3) is 0 Å². The number of halogens is 2. The first-order valence-corrected chi connectivity index (χ1v) is 7.43. The molecule has 3 nitrogen and oxygen atoms in total. The van der Waals surface area contributed by atoms with Gasteiger partial charge in [-0.3, -0.25) is 4.79 Å². The van der Waals surface area contributed by atoms with Crippen molar-refractivity contribution in [2.75, 3.05) is 19.8 Å². The van der Waals surface area contributed by atoms with E-state index in [1.807, 2.05) is 0 Å². The van der Waals surface area contributed by atoms with Crippen molar-refractivity contribution in [3.8, 4) is 0 Å². The number of benzene rings is 2. The normalized spacial score (nSPS) is 18.3. The number of hydrogen-bond acceptors (Lipinski definition) is 2. The Morgan fingerprint density at radius 2 is 1.91 bits per heavy atom. The predicted octanol–water partition coefficient (Wildman–Crippen LogP) is 3.69. The van der Waals surface area contributed by atoms with E-state index in [4.69, 9.17) is 16.3 Å². The number of carbonyl (C=O) groups is 1. The van der Waals surface area contributed by atoms with E-state index in [-0.39, 0.29) is 17.8 Å². The highest BCUT2D eigenvalue weighted by atomic mass is 35.5. The summed E-state index contributed by atoms with van der Waals surface area (Å²) in [4.78, 5) is 14.5. The van der Waals surface area contributed by atoms with Gasteiger partial charge in [-0.05, 0) is 29.8 Å². The minimum absolute atomic E-state index is 0.136. The molecule has 2 aromatic carbocycles. The molecule has 3 rings (SSSR count). The van der Waals surface area contributed by atoms with Gasteiger partial charge in [0.15, 0.2) is 0 Å². The Bertz CT molecular complexity index is 675. The first-order valence-electron chi connectivity index (χ1n) is 7.05. The zero-order valence-electron chi connectivity index (χ0n) is 11.8. The predicted molar refractivity (Wildman–Crippen MR) is 82.4 cm³/mol. The highest BCUT2D eigenvalue weighted by Gasteiger charge is 2.30. The third-order valence-electron chi connectivity index (χ3n) is 3.75. The molecule has 0 spiro atoms. The largest absolute Gasteiger partial charge is 0.377 e. The molecule has 1 heterocycles. The highest BCUT2D eigenvalue weighted by molar-refractivity contribution is 6.33. The van der Waals surface area contributed by atoms with Gasteiger partial charge in [-0.15, -0.1) is 0 Å². The number of carbonyl (C=O) groups excluding carboxylic acids is 1. The van der Waals surface area contributed by atoms with Crippen LogP contribution in [0.4, 0.5) is 4.39 Å². The molecule has 0 aromatic heterocycles. The van der Waals surface area contributed by atoms with Crippen LogP contribution in [-0.4, -0.2) is 30.6 Å². The van der Waals surface area contributed by atoms with Crippen molar-refractivity contribution >= 4 is 17.5 Å². The van der Waals surface area contributed by atoms with Crippen molar-refractivity contribution in [2.45, 2.75) is 6.04 Å². The standard InChI is InChI=1S/C17H15ClFNO2/c18-15-4-2-1-3-14(15)17(21)20-9-10-22-11-16(20)12-5-7-13(19)8-6-12/h1-8,16H,9-11H2. The van der Waals surface area contributed by atoms with Crippen LogP contribution in [-0.2, 0) is 4.74 Å². The van der Waals surface area contributed by atoms with Crippen molar-refractivity contribution in [3.63, 3.8) is 0 Å². The van der Waals surface area contributed by atoms with Crippen LogP contribution in [0.15, 0.2) is 48.5 Å². The summed E-state index contributed by atoms with van der Waals surface area (Å²) in [6.07, 6.45) is 0. The van der Waals surface area contributed by atoms with Gasteiger partial charge >= 0.3 is 0 Å². The van der Waals surface area contributed by atoms with E-state index in [0.29, 0.717) is 30.3 Å². The Morgan fingerprint density at radius 3 is 2.64 bits per heavy atom. The van der Waals surface area contributed by atoms with Crippen LogP contribution >= 0.6 is 11.6 Å². The summed E-state index contributed by atoms with van der Waals surface area (Å²) in [5, 5.41) is 0.428. The maximum Gasteiger partial charge on any atom is 0.256 e. The summed E-state index contributed by atoms with van der Waals surface area (Å²) in [6.45, 7) is 1.35. The number of rotatable bonds is 2. The molecule has 114 valence electrons. The quantitative estimate of drug-likeness (QED) is 0.845. The number of morpholine rings is 1. The Morgan fingerprint density at radius 1 is 1.18 bits per heavy atom. The van der Waals surface area contributed by atoms with Gasteiger partial charge in [0.25, 0.3) is 5.91 Å². The second-order valence-corrected chi connectivity index (χ2v) is 5.53. The maximum absolute atomic E-state index is 13.1. The summed E-state index contributed by atoms with van der Waals surface area (Å²) in [6, 6.07) is 12.9. The van der Waals surface area contributed by atoms with Crippen molar-refractivity contribution in [2.24, 2.45) is 0 Å². The Kier molecular flexibility index (Phi) is 4.41. The monoisotopic (exact) mass is 319 g/mol. The first kappa shape index (κ1) is 15.0. The van der Waals surface area contributed by atoms with Crippen LogP contribution in [0.5, 0.6) is 0 Å². The SMILES string of the molecule is O=C(c1ccccc1Cl)N1CCOCC1c1ccc(F)cc1. The molecule has 1 fully saturated rings. The number of hydrogen-bond donors (Lipinski definition) is 0. The van der Waals surface area contributed by atoms with Crippen LogP contribution < -0.4 is 0 Å². The molecule has 1 aliphatic heterocycles.